The Balaban J connectivity index is 1.75. The molecule has 0 fully saturated rings. The molecule has 0 aliphatic rings. The van der Waals surface area contributed by atoms with Crippen LogP contribution in [0, 0.1) is 0 Å². The minimum atomic E-state index is -1.01. The number of nitrogens with zero attached hydrogens (tertiary/aromatic N) is 4. The zero-order valence-electron chi connectivity index (χ0n) is 12.8. The lowest BCUT2D eigenvalue weighted by atomic mass is 10.2. The molecule has 2 aromatic heterocycles. The largest absolute Gasteiger partial charge is 0.463 e. The van der Waals surface area contributed by atoms with Crippen LogP contribution in [0.1, 0.15) is 12.5 Å². The normalized spacial score (nSPS) is 12.4. The van der Waals surface area contributed by atoms with Crippen molar-refractivity contribution in [2.45, 2.75) is 26.1 Å². The number of fused-ring (bicyclic) bond motifs is 1. The number of nitrogen functional groups attached to an aromatic ring is 1. The molecule has 1 unspecified atom stereocenters. The molecule has 0 amide bonds. The predicted molar refractivity (Wildman–Crippen MR) is 85.9 cm³/mol. The van der Waals surface area contributed by atoms with Gasteiger partial charge in [0.25, 0.3) is 0 Å². The summed E-state index contributed by atoms with van der Waals surface area (Å²) in [5.74, 6) is 0.231. The number of ether oxygens (including phenoxy) is 1. The zero-order valence-corrected chi connectivity index (χ0v) is 12.8. The summed E-state index contributed by atoms with van der Waals surface area (Å²) in [4.78, 5) is 12.5. The molecule has 3 rings (SSSR count). The number of anilines is 1. The Morgan fingerprint density at radius 3 is 2.78 bits per heavy atom. The van der Waals surface area contributed by atoms with Crippen LogP contribution in [0.5, 0.6) is 6.01 Å². The van der Waals surface area contributed by atoms with E-state index in [0.717, 1.165) is 12.0 Å². The van der Waals surface area contributed by atoms with Gasteiger partial charge in [-0.15, -0.1) is 0 Å². The fourth-order valence-corrected chi connectivity index (χ4v) is 2.32. The van der Waals surface area contributed by atoms with Crippen LogP contribution < -0.4 is 10.5 Å². The maximum absolute atomic E-state index is 13.2. The Morgan fingerprint density at radius 1 is 1.26 bits per heavy atom. The molecule has 23 heavy (non-hydrogen) atoms. The average molecular weight is 315 g/mol. The number of benzene rings is 1. The lowest BCUT2D eigenvalue weighted by Gasteiger charge is -2.07. The zero-order chi connectivity index (χ0) is 16.2. The van der Waals surface area contributed by atoms with E-state index in [2.05, 4.69) is 15.0 Å². The van der Waals surface area contributed by atoms with Gasteiger partial charge in [0, 0.05) is 6.42 Å². The van der Waals surface area contributed by atoms with Crippen molar-refractivity contribution in [3.05, 3.63) is 42.2 Å². The van der Waals surface area contributed by atoms with Crippen LogP contribution in [0.2, 0.25) is 0 Å². The molecule has 0 bridgehead atoms. The van der Waals surface area contributed by atoms with Gasteiger partial charge < -0.3 is 15.0 Å². The highest BCUT2D eigenvalue weighted by atomic mass is 19.1. The average Bonchev–Trinajstić information content (AvgIpc) is 2.91. The second-order valence-electron chi connectivity index (χ2n) is 5.33. The highest BCUT2D eigenvalue weighted by Gasteiger charge is 2.13. The topological polar surface area (TPSA) is 78.9 Å². The third-order valence-corrected chi connectivity index (χ3v) is 3.38. The number of rotatable bonds is 6. The van der Waals surface area contributed by atoms with Crippen molar-refractivity contribution >= 4 is 17.0 Å². The first-order valence-electron chi connectivity index (χ1n) is 7.42. The molecule has 7 heteroatoms. The Bertz CT molecular complexity index is 788. The molecule has 6 nitrogen and oxygen atoms in total. The number of alkyl halides is 1. The lowest BCUT2D eigenvalue weighted by molar-refractivity contribution is 0.296. The molecule has 2 N–H and O–H groups in total. The van der Waals surface area contributed by atoms with E-state index in [-0.39, 0.29) is 18.4 Å². The van der Waals surface area contributed by atoms with Crippen molar-refractivity contribution in [3.8, 4) is 6.01 Å². The predicted octanol–water partition coefficient (Wildman–Crippen LogP) is 2.39. The Kier molecular flexibility index (Phi) is 4.36. The van der Waals surface area contributed by atoms with Crippen LogP contribution >= 0.6 is 0 Å². The number of nitrogens with two attached hydrogens (primary N) is 1. The summed E-state index contributed by atoms with van der Waals surface area (Å²) in [6.45, 7) is 2.08. The summed E-state index contributed by atoms with van der Waals surface area (Å²) in [5, 5.41) is 0. The molecule has 3 aromatic rings. The molecule has 0 saturated carbocycles. The van der Waals surface area contributed by atoms with Gasteiger partial charge in [0.15, 0.2) is 17.0 Å². The SMILES string of the molecule is CC(F)Cn1cnc2c(N)nc(OCCc3ccccc3)nc21. The molecular formula is C16H18FN5O. The standard InChI is InChI=1S/C16H18FN5O/c1-11(17)9-22-10-19-13-14(18)20-16(21-15(13)22)23-8-7-12-5-3-2-4-6-12/h2-6,10-11H,7-9H2,1H3,(H2,18,20,21). The van der Waals surface area contributed by atoms with Crippen molar-refractivity contribution in [1.29, 1.82) is 0 Å². The van der Waals surface area contributed by atoms with Gasteiger partial charge in [-0.05, 0) is 12.5 Å². The van der Waals surface area contributed by atoms with E-state index in [9.17, 15) is 4.39 Å². The summed E-state index contributed by atoms with van der Waals surface area (Å²) in [6, 6.07) is 10.2. The molecule has 2 heterocycles. The van der Waals surface area contributed by atoms with E-state index in [1.807, 2.05) is 30.3 Å². The Morgan fingerprint density at radius 2 is 2.04 bits per heavy atom. The second kappa shape index (κ2) is 6.60. The molecule has 0 spiro atoms. The van der Waals surface area contributed by atoms with Crippen molar-refractivity contribution in [2.24, 2.45) is 0 Å². The van der Waals surface area contributed by atoms with Gasteiger partial charge in [-0.2, -0.15) is 9.97 Å². The van der Waals surface area contributed by atoms with Crippen LogP contribution in [0.3, 0.4) is 0 Å². The quantitative estimate of drug-likeness (QED) is 0.755. The first-order valence-corrected chi connectivity index (χ1v) is 7.42. The van der Waals surface area contributed by atoms with Crippen LogP contribution in [0.25, 0.3) is 11.2 Å². The number of hydrogen-bond donors (Lipinski definition) is 1. The number of halogens is 1. The van der Waals surface area contributed by atoms with Gasteiger partial charge in [-0.3, -0.25) is 0 Å². The summed E-state index contributed by atoms with van der Waals surface area (Å²) in [6.07, 6.45) is 1.24. The molecule has 0 aliphatic heterocycles. The van der Waals surface area contributed by atoms with Gasteiger partial charge in [0.1, 0.15) is 6.17 Å². The summed E-state index contributed by atoms with van der Waals surface area (Å²) < 4.78 is 20.4. The lowest BCUT2D eigenvalue weighted by Crippen LogP contribution is -2.09. The van der Waals surface area contributed by atoms with E-state index >= 15 is 0 Å². The Hall–Kier alpha value is -2.70. The number of aromatic nitrogens is 4. The highest BCUT2D eigenvalue weighted by molar-refractivity contribution is 5.81. The molecule has 0 radical (unpaired) electrons. The Labute approximate surface area is 133 Å². The first-order chi connectivity index (χ1) is 11.1. The van der Waals surface area contributed by atoms with E-state index in [1.54, 1.807) is 4.57 Å². The molecule has 120 valence electrons. The second-order valence-corrected chi connectivity index (χ2v) is 5.33. The first kappa shape index (κ1) is 15.2. The third kappa shape index (κ3) is 3.56. The van der Waals surface area contributed by atoms with Crippen molar-refractivity contribution in [1.82, 2.24) is 19.5 Å². The number of hydrogen-bond acceptors (Lipinski definition) is 5. The van der Waals surface area contributed by atoms with Crippen LogP contribution in [0.4, 0.5) is 10.2 Å². The maximum atomic E-state index is 13.2. The molecule has 0 saturated heterocycles. The van der Waals surface area contributed by atoms with E-state index < -0.39 is 6.17 Å². The van der Waals surface area contributed by atoms with Gasteiger partial charge in [0.2, 0.25) is 0 Å². The minimum Gasteiger partial charge on any atom is -0.463 e. The molecule has 1 atom stereocenters. The van der Waals surface area contributed by atoms with E-state index in [1.165, 1.54) is 13.3 Å². The van der Waals surface area contributed by atoms with Gasteiger partial charge in [-0.1, -0.05) is 30.3 Å². The maximum Gasteiger partial charge on any atom is 0.320 e. The third-order valence-electron chi connectivity index (χ3n) is 3.38. The molecule has 0 aliphatic carbocycles. The van der Waals surface area contributed by atoms with Crippen LogP contribution in [0.15, 0.2) is 36.7 Å². The van der Waals surface area contributed by atoms with Gasteiger partial charge in [-0.25, -0.2) is 9.37 Å². The monoisotopic (exact) mass is 315 g/mol. The van der Waals surface area contributed by atoms with E-state index in [4.69, 9.17) is 10.5 Å². The molecule has 1 aromatic carbocycles. The summed E-state index contributed by atoms with van der Waals surface area (Å²) in [5.41, 5.74) is 7.99. The summed E-state index contributed by atoms with van der Waals surface area (Å²) >= 11 is 0. The van der Waals surface area contributed by atoms with Gasteiger partial charge in [0.05, 0.1) is 19.5 Å². The van der Waals surface area contributed by atoms with Crippen LogP contribution in [-0.2, 0) is 13.0 Å². The van der Waals surface area contributed by atoms with E-state index in [0.29, 0.717) is 17.8 Å². The van der Waals surface area contributed by atoms with Crippen LogP contribution in [-0.4, -0.2) is 32.3 Å². The van der Waals surface area contributed by atoms with Crippen molar-refractivity contribution < 1.29 is 9.13 Å². The summed E-state index contributed by atoms with van der Waals surface area (Å²) in [7, 11) is 0. The smallest absolute Gasteiger partial charge is 0.320 e. The van der Waals surface area contributed by atoms with Gasteiger partial charge >= 0.3 is 6.01 Å². The number of imidazole rings is 1. The highest BCUT2D eigenvalue weighted by Crippen LogP contribution is 2.20. The van der Waals surface area contributed by atoms with Crippen molar-refractivity contribution in [2.75, 3.05) is 12.3 Å². The molecular weight excluding hydrogens is 297 g/mol. The fourth-order valence-electron chi connectivity index (χ4n) is 2.32. The minimum absolute atomic E-state index is 0.163. The van der Waals surface area contributed by atoms with Crippen molar-refractivity contribution in [3.63, 3.8) is 0 Å². The fraction of sp³-hybridized carbons (Fsp3) is 0.312.